The summed E-state index contributed by atoms with van der Waals surface area (Å²) in [7, 11) is 0. The van der Waals surface area contributed by atoms with Crippen LogP contribution in [0.25, 0.3) is 0 Å². The summed E-state index contributed by atoms with van der Waals surface area (Å²) in [4.78, 5) is 21.2. The third-order valence-electron chi connectivity index (χ3n) is 2.49. The molecule has 0 saturated carbocycles. The van der Waals surface area contributed by atoms with Crippen LogP contribution in [0.1, 0.15) is 26.9 Å². The minimum absolute atomic E-state index is 0.0262. The van der Waals surface area contributed by atoms with E-state index in [1.165, 1.54) is 18.6 Å². The molecular formula is C11H11NO3S2. The monoisotopic (exact) mass is 269 g/mol. The second kappa shape index (κ2) is 5.55. The molecule has 0 aromatic heterocycles. The van der Waals surface area contributed by atoms with Crippen LogP contribution in [-0.4, -0.2) is 22.7 Å². The van der Waals surface area contributed by atoms with Gasteiger partial charge in [0, 0.05) is 17.7 Å². The fourth-order valence-electron chi connectivity index (χ4n) is 1.66. The Morgan fingerprint density at radius 2 is 2.06 bits per heavy atom. The zero-order valence-corrected chi connectivity index (χ0v) is 10.6. The van der Waals surface area contributed by atoms with Crippen LogP contribution in [0, 0.1) is 10.1 Å². The first-order chi connectivity index (χ1) is 8.22. The standard InChI is InChI=1S/C11H11NO3S2/c13-7-8-6-9(12(14)15)2-3-10(8)11-16-4-1-5-17-11/h2-3,6-7,11H,1,4-5H2. The Kier molecular flexibility index (Phi) is 4.06. The number of benzene rings is 1. The van der Waals surface area contributed by atoms with E-state index in [2.05, 4.69) is 0 Å². The van der Waals surface area contributed by atoms with Crippen molar-refractivity contribution in [2.45, 2.75) is 11.0 Å². The topological polar surface area (TPSA) is 60.2 Å². The molecule has 0 spiro atoms. The van der Waals surface area contributed by atoms with Crippen molar-refractivity contribution in [3.05, 3.63) is 39.4 Å². The van der Waals surface area contributed by atoms with E-state index in [4.69, 9.17) is 0 Å². The van der Waals surface area contributed by atoms with Crippen molar-refractivity contribution in [1.82, 2.24) is 0 Å². The lowest BCUT2D eigenvalue weighted by molar-refractivity contribution is -0.384. The fraction of sp³-hybridized carbons (Fsp3) is 0.364. The maximum absolute atomic E-state index is 11.0. The molecule has 2 rings (SSSR count). The van der Waals surface area contributed by atoms with Gasteiger partial charge in [-0.15, -0.1) is 23.5 Å². The lowest BCUT2D eigenvalue weighted by Gasteiger charge is -2.22. The first kappa shape index (κ1) is 12.4. The molecule has 0 aliphatic carbocycles. The molecule has 4 nitrogen and oxygen atoms in total. The fourth-order valence-corrected chi connectivity index (χ4v) is 4.64. The Morgan fingerprint density at radius 1 is 1.35 bits per heavy atom. The Hall–Kier alpha value is -1.01. The van der Waals surface area contributed by atoms with E-state index in [1.54, 1.807) is 29.6 Å². The molecule has 0 N–H and O–H groups in total. The summed E-state index contributed by atoms with van der Waals surface area (Å²) >= 11 is 3.59. The SMILES string of the molecule is O=Cc1cc([N+](=O)[O-])ccc1C1SCCCS1. The van der Waals surface area contributed by atoms with Crippen LogP contribution < -0.4 is 0 Å². The number of rotatable bonds is 3. The molecule has 90 valence electrons. The number of carbonyl (C=O) groups excluding carboxylic acids is 1. The van der Waals surface area contributed by atoms with Gasteiger partial charge in [0.25, 0.3) is 5.69 Å². The number of hydrogen-bond donors (Lipinski definition) is 0. The number of aldehydes is 1. The first-order valence-electron chi connectivity index (χ1n) is 5.19. The van der Waals surface area contributed by atoms with Crippen molar-refractivity contribution in [3.8, 4) is 0 Å². The van der Waals surface area contributed by atoms with Gasteiger partial charge in [-0.1, -0.05) is 0 Å². The van der Waals surface area contributed by atoms with E-state index in [-0.39, 0.29) is 10.3 Å². The minimum Gasteiger partial charge on any atom is -0.298 e. The van der Waals surface area contributed by atoms with E-state index in [1.807, 2.05) is 0 Å². The Balaban J connectivity index is 2.33. The van der Waals surface area contributed by atoms with Crippen LogP contribution >= 0.6 is 23.5 Å². The van der Waals surface area contributed by atoms with Crippen LogP contribution in [0.15, 0.2) is 18.2 Å². The molecule has 1 aliphatic heterocycles. The molecule has 17 heavy (non-hydrogen) atoms. The summed E-state index contributed by atoms with van der Waals surface area (Å²) in [6.45, 7) is 0. The van der Waals surface area contributed by atoms with Crippen LogP contribution in [0.5, 0.6) is 0 Å². The Bertz CT molecular complexity index is 444. The Labute approximate surface area is 107 Å². The third-order valence-corrected chi connectivity index (χ3v) is 5.47. The molecule has 1 aromatic carbocycles. The molecule has 6 heteroatoms. The van der Waals surface area contributed by atoms with Gasteiger partial charge < -0.3 is 0 Å². The number of nitrogens with zero attached hydrogens (tertiary/aromatic N) is 1. The van der Waals surface area contributed by atoms with Gasteiger partial charge in [0.05, 0.1) is 9.51 Å². The van der Waals surface area contributed by atoms with E-state index in [0.29, 0.717) is 11.8 Å². The van der Waals surface area contributed by atoms with Gasteiger partial charge in [-0.05, 0) is 29.6 Å². The predicted molar refractivity (Wildman–Crippen MR) is 70.8 cm³/mol. The van der Waals surface area contributed by atoms with Gasteiger partial charge in [0.15, 0.2) is 6.29 Å². The molecule has 0 atom stereocenters. The van der Waals surface area contributed by atoms with Crippen LogP contribution in [0.2, 0.25) is 0 Å². The summed E-state index contributed by atoms with van der Waals surface area (Å²) < 4.78 is 0.227. The molecule has 1 heterocycles. The number of carbonyl (C=O) groups is 1. The number of non-ortho nitro benzene ring substituents is 1. The van der Waals surface area contributed by atoms with Gasteiger partial charge in [-0.2, -0.15) is 0 Å². The van der Waals surface area contributed by atoms with Gasteiger partial charge >= 0.3 is 0 Å². The quantitative estimate of drug-likeness (QED) is 0.479. The normalized spacial score (nSPS) is 16.7. The second-order valence-electron chi connectivity index (χ2n) is 3.62. The summed E-state index contributed by atoms with van der Waals surface area (Å²) in [5.41, 5.74) is 1.31. The van der Waals surface area contributed by atoms with Gasteiger partial charge in [-0.3, -0.25) is 14.9 Å². The van der Waals surface area contributed by atoms with E-state index in [9.17, 15) is 14.9 Å². The van der Waals surface area contributed by atoms with E-state index >= 15 is 0 Å². The molecule has 1 saturated heterocycles. The molecule has 0 unspecified atom stereocenters. The van der Waals surface area contributed by atoms with Crippen molar-refractivity contribution in [1.29, 1.82) is 0 Å². The highest BCUT2D eigenvalue weighted by Gasteiger charge is 2.21. The average Bonchev–Trinajstić information content (AvgIpc) is 2.39. The van der Waals surface area contributed by atoms with Crippen molar-refractivity contribution in [2.24, 2.45) is 0 Å². The molecule has 0 bridgehead atoms. The zero-order chi connectivity index (χ0) is 12.3. The molecule has 0 radical (unpaired) electrons. The first-order valence-corrected chi connectivity index (χ1v) is 7.29. The summed E-state index contributed by atoms with van der Waals surface area (Å²) in [5, 5.41) is 10.6. The number of hydrogen-bond acceptors (Lipinski definition) is 5. The molecular weight excluding hydrogens is 258 g/mol. The number of nitro groups is 1. The lowest BCUT2D eigenvalue weighted by atomic mass is 10.1. The molecule has 1 fully saturated rings. The summed E-state index contributed by atoms with van der Waals surface area (Å²) in [6.07, 6.45) is 1.88. The minimum atomic E-state index is -0.474. The van der Waals surface area contributed by atoms with Crippen molar-refractivity contribution in [3.63, 3.8) is 0 Å². The predicted octanol–water partition coefficient (Wildman–Crippen LogP) is 3.28. The van der Waals surface area contributed by atoms with Crippen LogP contribution in [0.3, 0.4) is 0 Å². The van der Waals surface area contributed by atoms with E-state index < -0.39 is 4.92 Å². The lowest BCUT2D eigenvalue weighted by Crippen LogP contribution is -2.03. The maximum atomic E-state index is 11.0. The molecule has 1 aliphatic rings. The highest BCUT2D eigenvalue weighted by Crippen LogP contribution is 2.44. The van der Waals surface area contributed by atoms with Crippen LogP contribution in [-0.2, 0) is 0 Å². The second-order valence-corrected chi connectivity index (χ2v) is 6.34. The van der Waals surface area contributed by atoms with Crippen molar-refractivity contribution < 1.29 is 9.72 Å². The van der Waals surface area contributed by atoms with Gasteiger partial charge in [-0.25, -0.2) is 0 Å². The van der Waals surface area contributed by atoms with Crippen molar-refractivity contribution in [2.75, 3.05) is 11.5 Å². The smallest absolute Gasteiger partial charge is 0.270 e. The molecule has 0 amide bonds. The molecule has 1 aromatic rings. The summed E-state index contributed by atoms with van der Waals surface area (Å²) in [6, 6.07) is 4.54. The number of nitro benzene ring substituents is 1. The summed E-state index contributed by atoms with van der Waals surface area (Å²) in [5.74, 6) is 2.15. The van der Waals surface area contributed by atoms with Gasteiger partial charge in [0.2, 0.25) is 0 Å². The maximum Gasteiger partial charge on any atom is 0.270 e. The van der Waals surface area contributed by atoms with Crippen molar-refractivity contribution >= 4 is 35.5 Å². The average molecular weight is 269 g/mol. The zero-order valence-electron chi connectivity index (χ0n) is 9.00. The largest absolute Gasteiger partial charge is 0.298 e. The highest BCUT2D eigenvalue weighted by atomic mass is 32.2. The third kappa shape index (κ3) is 2.81. The van der Waals surface area contributed by atoms with E-state index in [0.717, 1.165) is 17.1 Å². The van der Waals surface area contributed by atoms with Gasteiger partial charge in [0.1, 0.15) is 0 Å². The number of thioether (sulfide) groups is 2. The highest BCUT2D eigenvalue weighted by molar-refractivity contribution is 8.16. The van der Waals surface area contributed by atoms with Crippen LogP contribution in [0.4, 0.5) is 5.69 Å². The Morgan fingerprint density at radius 3 is 2.65 bits per heavy atom.